The van der Waals surface area contributed by atoms with Gasteiger partial charge in [0.05, 0.1) is 12.0 Å². The van der Waals surface area contributed by atoms with Crippen LogP contribution in [0.5, 0.6) is 5.88 Å². The molecule has 0 saturated carbocycles. The summed E-state index contributed by atoms with van der Waals surface area (Å²) < 4.78 is 5.83. The van der Waals surface area contributed by atoms with E-state index in [1.54, 1.807) is 6.26 Å². The van der Waals surface area contributed by atoms with Gasteiger partial charge in [0.1, 0.15) is 0 Å². The second kappa shape index (κ2) is 9.44. The van der Waals surface area contributed by atoms with E-state index in [1.165, 1.54) is 16.8 Å². The number of anilines is 1. The fraction of sp³-hybridized carbons (Fsp3) is 0.280. The number of hydrogen-bond acceptors (Lipinski definition) is 4. The van der Waals surface area contributed by atoms with Crippen LogP contribution < -0.4 is 9.64 Å². The molecule has 30 heavy (non-hydrogen) atoms. The van der Waals surface area contributed by atoms with Crippen molar-refractivity contribution in [2.45, 2.75) is 33.1 Å². The first-order chi connectivity index (χ1) is 14.3. The van der Waals surface area contributed by atoms with Gasteiger partial charge < -0.3 is 14.7 Å². The number of carbonyl (C=O) groups is 1. The van der Waals surface area contributed by atoms with Crippen LogP contribution in [0.1, 0.15) is 30.4 Å². The number of hydrogen-bond donors (Lipinski definition) is 1. The number of nitrogens with zero attached hydrogens (tertiary/aromatic N) is 2. The molecule has 0 amide bonds. The van der Waals surface area contributed by atoms with Crippen molar-refractivity contribution in [1.82, 2.24) is 4.98 Å². The average molecular weight is 405 g/mol. The second-order valence-electron chi connectivity index (χ2n) is 7.73. The third kappa shape index (κ3) is 5.38. The quantitative estimate of drug-likeness (QED) is 0.622. The molecule has 1 aromatic heterocycles. The van der Waals surface area contributed by atoms with Crippen LogP contribution >= 0.6 is 0 Å². The number of aryl methyl sites for hydroxylation is 2. The molecule has 5 heteroatoms. The molecule has 0 fully saturated rings. The van der Waals surface area contributed by atoms with E-state index in [1.807, 2.05) is 50.5 Å². The topological polar surface area (TPSA) is 62.7 Å². The number of aliphatic carboxylic acids is 1. The van der Waals surface area contributed by atoms with Gasteiger partial charge >= 0.3 is 5.97 Å². The van der Waals surface area contributed by atoms with Crippen molar-refractivity contribution in [1.29, 1.82) is 0 Å². The first-order valence-electron chi connectivity index (χ1n) is 10.0. The van der Waals surface area contributed by atoms with Crippen molar-refractivity contribution >= 4 is 11.7 Å². The summed E-state index contributed by atoms with van der Waals surface area (Å²) in [5, 5.41) is 8.79. The molecular weight excluding hydrogens is 376 g/mol. The summed E-state index contributed by atoms with van der Waals surface area (Å²) >= 11 is 0. The third-order valence-corrected chi connectivity index (χ3v) is 5.08. The van der Waals surface area contributed by atoms with Crippen molar-refractivity contribution in [3.63, 3.8) is 0 Å². The van der Waals surface area contributed by atoms with Gasteiger partial charge in [-0.2, -0.15) is 0 Å². The molecule has 156 valence electrons. The fourth-order valence-electron chi connectivity index (χ4n) is 3.48. The predicted molar refractivity (Wildman–Crippen MR) is 121 cm³/mol. The summed E-state index contributed by atoms with van der Waals surface area (Å²) in [6.45, 7) is 4.21. The number of ether oxygens (including phenoxy) is 1. The highest BCUT2D eigenvalue weighted by atomic mass is 16.5. The SMILES string of the molecule is Cc1cc(N(C)C)cc(C)c1-c1cccc(OC=C2C=CC(CCC(=O)O)=CC2)n1. The van der Waals surface area contributed by atoms with Gasteiger partial charge in [0.15, 0.2) is 0 Å². The van der Waals surface area contributed by atoms with E-state index in [-0.39, 0.29) is 6.42 Å². The molecule has 0 spiro atoms. The summed E-state index contributed by atoms with van der Waals surface area (Å²) in [6, 6.07) is 10.1. The Morgan fingerprint density at radius 2 is 1.93 bits per heavy atom. The van der Waals surface area contributed by atoms with Crippen LogP contribution in [0.2, 0.25) is 0 Å². The van der Waals surface area contributed by atoms with Crippen LogP contribution in [0.4, 0.5) is 5.69 Å². The van der Waals surface area contributed by atoms with Gasteiger partial charge in [-0.1, -0.05) is 29.9 Å². The van der Waals surface area contributed by atoms with Gasteiger partial charge in [0.2, 0.25) is 5.88 Å². The minimum atomic E-state index is -0.776. The lowest BCUT2D eigenvalue weighted by molar-refractivity contribution is -0.136. The highest BCUT2D eigenvalue weighted by Gasteiger charge is 2.11. The average Bonchev–Trinajstić information content (AvgIpc) is 2.71. The largest absolute Gasteiger partial charge is 0.481 e. The van der Waals surface area contributed by atoms with Gasteiger partial charge in [-0.05, 0) is 61.6 Å². The number of allylic oxidation sites excluding steroid dienone is 5. The Labute approximate surface area is 178 Å². The maximum absolute atomic E-state index is 10.7. The molecule has 1 aliphatic rings. The minimum Gasteiger partial charge on any atom is -0.481 e. The van der Waals surface area contributed by atoms with Gasteiger partial charge in [-0.3, -0.25) is 4.79 Å². The summed E-state index contributed by atoms with van der Waals surface area (Å²) in [5.41, 5.74) is 7.60. The van der Waals surface area contributed by atoms with Crippen LogP contribution in [-0.4, -0.2) is 30.2 Å². The number of pyridine rings is 1. The Balaban J connectivity index is 1.73. The van der Waals surface area contributed by atoms with Crippen molar-refractivity contribution in [3.8, 4) is 17.1 Å². The molecule has 0 unspecified atom stereocenters. The van der Waals surface area contributed by atoms with Gasteiger partial charge in [0.25, 0.3) is 0 Å². The highest BCUT2D eigenvalue weighted by Crippen LogP contribution is 2.31. The molecule has 5 nitrogen and oxygen atoms in total. The third-order valence-electron chi connectivity index (χ3n) is 5.08. The lowest BCUT2D eigenvalue weighted by Crippen LogP contribution is -2.09. The van der Waals surface area contributed by atoms with Crippen molar-refractivity contribution in [2.75, 3.05) is 19.0 Å². The van der Waals surface area contributed by atoms with Crippen LogP contribution in [0.15, 0.2) is 66.0 Å². The number of aromatic nitrogens is 1. The maximum Gasteiger partial charge on any atom is 0.303 e. The molecule has 0 bridgehead atoms. The van der Waals surface area contributed by atoms with Gasteiger partial charge in [-0.25, -0.2) is 4.98 Å². The van der Waals surface area contributed by atoms with Gasteiger partial charge in [-0.15, -0.1) is 0 Å². The molecule has 1 aliphatic carbocycles. The predicted octanol–water partition coefficient (Wildman–Crippen LogP) is 5.45. The maximum atomic E-state index is 10.7. The fourth-order valence-corrected chi connectivity index (χ4v) is 3.48. The Hall–Kier alpha value is -3.34. The Bertz CT molecular complexity index is 1010. The van der Waals surface area contributed by atoms with Crippen molar-refractivity contribution in [2.24, 2.45) is 0 Å². The zero-order chi connectivity index (χ0) is 21.7. The summed E-state index contributed by atoms with van der Waals surface area (Å²) in [4.78, 5) is 17.5. The molecule has 0 saturated heterocycles. The molecule has 0 radical (unpaired) electrons. The summed E-state index contributed by atoms with van der Waals surface area (Å²) in [5.74, 6) is -0.230. The first-order valence-corrected chi connectivity index (χ1v) is 10.0. The van der Waals surface area contributed by atoms with Crippen LogP contribution in [0.25, 0.3) is 11.3 Å². The zero-order valence-electron chi connectivity index (χ0n) is 18.0. The molecule has 2 aromatic rings. The molecule has 1 heterocycles. The first kappa shape index (κ1) is 21.4. The number of carboxylic acids is 1. The lowest BCUT2D eigenvalue weighted by Gasteiger charge is -2.17. The van der Waals surface area contributed by atoms with E-state index in [2.05, 4.69) is 30.9 Å². The Morgan fingerprint density at radius 3 is 2.53 bits per heavy atom. The summed E-state index contributed by atoms with van der Waals surface area (Å²) in [7, 11) is 4.08. The van der Waals surface area contributed by atoms with E-state index in [4.69, 9.17) is 14.8 Å². The van der Waals surface area contributed by atoms with E-state index in [0.717, 1.165) is 28.8 Å². The Morgan fingerprint density at radius 1 is 1.20 bits per heavy atom. The molecule has 3 rings (SSSR count). The standard InChI is InChI=1S/C25H28N2O3/c1-17-14-21(27(3)4)15-18(2)25(17)22-6-5-7-23(26-22)30-16-20-10-8-19(9-11-20)12-13-24(28)29/h5-10,14-16H,11-13H2,1-4H3,(H,28,29). The van der Waals surface area contributed by atoms with E-state index in [0.29, 0.717) is 12.3 Å². The van der Waals surface area contributed by atoms with Crippen LogP contribution in [0.3, 0.4) is 0 Å². The number of rotatable bonds is 7. The monoisotopic (exact) mass is 404 g/mol. The zero-order valence-corrected chi connectivity index (χ0v) is 18.0. The smallest absolute Gasteiger partial charge is 0.303 e. The molecule has 0 atom stereocenters. The second-order valence-corrected chi connectivity index (χ2v) is 7.73. The molecule has 1 N–H and O–H groups in total. The van der Waals surface area contributed by atoms with Crippen LogP contribution in [-0.2, 0) is 4.79 Å². The number of benzene rings is 1. The van der Waals surface area contributed by atoms with Crippen molar-refractivity contribution in [3.05, 3.63) is 77.1 Å². The van der Waals surface area contributed by atoms with E-state index >= 15 is 0 Å². The van der Waals surface area contributed by atoms with Crippen LogP contribution in [0, 0.1) is 13.8 Å². The molecular formula is C25H28N2O3. The lowest BCUT2D eigenvalue weighted by atomic mass is 9.98. The minimum absolute atomic E-state index is 0.150. The summed E-state index contributed by atoms with van der Waals surface area (Å²) in [6.07, 6.45) is 9.09. The highest BCUT2D eigenvalue weighted by molar-refractivity contribution is 5.72. The number of carboxylic acid groups (broad SMARTS) is 1. The normalized spacial score (nSPS) is 14.5. The van der Waals surface area contributed by atoms with E-state index < -0.39 is 5.97 Å². The van der Waals surface area contributed by atoms with Gasteiger partial charge in [0, 0.05) is 37.8 Å². The molecule has 0 aliphatic heterocycles. The van der Waals surface area contributed by atoms with Crippen molar-refractivity contribution < 1.29 is 14.6 Å². The molecule has 1 aromatic carbocycles. The Kier molecular flexibility index (Phi) is 6.72. The van der Waals surface area contributed by atoms with E-state index in [9.17, 15) is 4.79 Å².